The average molecular weight is 281 g/mol. The van der Waals surface area contributed by atoms with Crippen LogP contribution in [0.4, 0.5) is 0 Å². The number of carbonyl (C=O) groups is 2. The quantitative estimate of drug-likeness (QED) is 0.311. The van der Waals surface area contributed by atoms with Gasteiger partial charge in [0, 0.05) is 6.42 Å². The van der Waals surface area contributed by atoms with Crippen molar-refractivity contribution in [2.45, 2.75) is 52.4 Å². The molecule has 0 heterocycles. The van der Waals surface area contributed by atoms with Gasteiger partial charge in [-0.2, -0.15) is 0 Å². The summed E-state index contributed by atoms with van der Waals surface area (Å²) in [6.07, 6.45) is 5.30. The van der Waals surface area contributed by atoms with Crippen LogP contribution < -0.4 is 0 Å². The molecule has 0 aromatic heterocycles. The zero-order chi connectivity index (χ0) is 15.0. The third-order valence-corrected chi connectivity index (χ3v) is 3.44. The number of allylic oxidation sites excluding steroid dienone is 1. The number of hydrogen-bond donors (Lipinski definition) is 0. The molecule has 0 saturated heterocycles. The Balaban J connectivity index is 2.91. The van der Waals surface area contributed by atoms with Crippen LogP contribution in [0.3, 0.4) is 0 Å². The van der Waals surface area contributed by atoms with Crippen LogP contribution in [0.15, 0.2) is 17.8 Å². The summed E-state index contributed by atoms with van der Waals surface area (Å²) >= 11 is 0. The summed E-state index contributed by atoms with van der Waals surface area (Å²) in [5, 5.41) is 3.94. The molecule has 5 nitrogen and oxygen atoms in total. The minimum atomic E-state index is -0.801. The minimum absolute atomic E-state index is 0.303. The Hall–Kier alpha value is -1.65. The fraction of sp³-hybridized carbons (Fsp3) is 0.667. The van der Waals surface area contributed by atoms with Crippen molar-refractivity contribution in [1.29, 1.82) is 0 Å². The number of esters is 1. The molecule has 0 amide bonds. The normalized spacial score (nSPS) is 23.6. The Morgan fingerprint density at radius 2 is 2.20 bits per heavy atom. The van der Waals surface area contributed by atoms with Crippen LogP contribution in [0.5, 0.6) is 0 Å². The fourth-order valence-corrected chi connectivity index (χ4v) is 2.47. The van der Waals surface area contributed by atoms with E-state index in [0.29, 0.717) is 44.4 Å². The number of carbonyl (C=O) groups excluding carboxylic acids is 2. The van der Waals surface area contributed by atoms with Gasteiger partial charge in [0.25, 0.3) is 0 Å². The van der Waals surface area contributed by atoms with Crippen molar-refractivity contribution in [3.63, 3.8) is 0 Å². The van der Waals surface area contributed by atoms with E-state index in [4.69, 9.17) is 9.57 Å². The van der Waals surface area contributed by atoms with Crippen LogP contribution in [0.25, 0.3) is 0 Å². The molecule has 0 radical (unpaired) electrons. The molecule has 1 atom stereocenters. The number of rotatable bonds is 7. The van der Waals surface area contributed by atoms with Gasteiger partial charge >= 0.3 is 11.9 Å². The van der Waals surface area contributed by atoms with Crippen LogP contribution in [-0.2, 0) is 19.2 Å². The van der Waals surface area contributed by atoms with Crippen LogP contribution in [0, 0.1) is 5.41 Å². The fourth-order valence-electron chi connectivity index (χ4n) is 2.47. The molecule has 0 aliphatic heterocycles. The maximum Gasteiger partial charge on any atom is 0.334 e. The van der Waals surface area contributed by atoms with Gasteiger partial charge in [0.2, 0.25) is 0 Å². The number of hydrogen-bond acceptors (Lipinski definition) is 5. The lowest BCUT2D eigenvalue weighted by molar-refractivity contribution is -0.151. The summed E-state index contributed by atoms with van der Waals surface area (Å²) < 4.78 is 5.16. The number of oxime groups is 1. The van der Waals surface area contributed by atoms with Crippen molar-refractivity contribution in [3.8, 4) is 0 Å². The van der Waals surface area contributed by atoms with E-state index in [9.17, 15) is 9.59 Å². The van der Waals surface area contributed by atoms with Crippen LogP contribution in [0.1, 0.15) is 52.4 Å². The predicted molar refractivity (Wildman–Crippen MR) is 76.2 cm³/mol. The first-order valence-electron chi connectivity index (χ1n) is 7.16. The van der Waals surface area contributed by atoms with E-state index in [1.165, 1.54) is 0 Å². The van der Waals surface area contributed by atoms with E-state index in [1.54, 1.807) is 13.0 Å². The summed E-state index contributed by atoms with van der Waals surface area (Å²) in [6, 6.07) is 0. The van der Waals surface area contributed by atoms with Gasteiger partial charge in [-0.25, -0.2) is 4.79 Å². The van der Waals surface area contributed by atoms with Crippen molar-refractivity contribution in [3.05, 3.63) is 12.7 Å². The van der Waals surface area contributed by atoms with E-state index >= 15 is 0 Å². The predicted octanol–water partition coefficient (Wildman–Crippen LogP) is 3.00. The molecule has 0 N–H and O–H groups in total. The molecule has 0 unspecified atom stereocenters. The molecule has 1 fully saturated rings. The summed E-state index contributed by atoms with van der Waals surface area (Å²) in [6.45, 7) is 7.68. The Morgan fingerprint density at radius 1 is 1.45 bits per heavy atom. The van der Waals surface area contributed by atoms with E-state index < -0.39 is 5.41 Å². The highest BCUT2D eigenvalue weighted by Crippen LogP contribution is 2.40. The monoisotopic (exact) mass is 281 g/mol. The molecule has 0 bridgehead atoms. The van der Waals surface area contributed by atoms with Crippen molar-refractivity contribution in [1.82, 2.24) is 0 Å². The highest BCUT2D eigenvalue weighted by Gasteiger charge is 2.47. The Labute approximate surface area is 120 Å². The van der Waals surface area contributed by atoms with Crippen molar-refractivity contribution in [2.75, 3.05) is 6.61 Å². The zero-order valence-electron chi connectivity index (χ0n) is 12.3. The van der Waals surface area contributed by atoms with E-state index in [-0.39, 0.29) is 11.9 Å². The second-order valence-corrected chi connectivity index (χ2v) is 4.90. The van der Waals surface area contributed by atoms with Gasteiger partial charge < -0.3 is 9.57 Å². The first-order valence-corrected chi connectivity index (χ1v) is 7.16. The molecule has 5 heteroatoms. The minimum Gasteiger partial charge on any atom is -0.465 e. The highest BCUT2D eigenvalue weighted by atomic mass is 16.7. The molecule has 1 rings (SSSR count). The molecule has 20 heavy (non-hydrogen) atoms. The molecule has 0 aromatic carbocycles. The average Bonchev–Trinajstić information content (AvgIpc) is 2.82. The lowest BCUT2D eigenvalue weighted by atomic mass is 9.81. The molecule has 1 saturated carbocycles. The lowest BCUT2D eigenvalue weighted by Gasteiger charge is -2.25. The number of ether oxygens (including phenoxy) is 1. The first kappa shape index (κ1) is 16.4. The van der Waals surface area contributed by atoms with Gasteiger partial charge in [0.15, 0.2) is 0 Å². The first-order chi connectivity index (χ1) is 9.60. The van der Waals surface area contributed by atoms with Crippen LogP contribution in [-0.4, -0.2) is 24.3 Å². The topological polar surface area (TPSA) is 65.0 Å². The molecule has 0 spiro atoms. The maximum atomic E-state index is 12.2. The van der Waals surface area contributed by atoms with E-state index in [2.05, 4.69) is 11.7 Å². The van der Waals surface area contributed by atoms with Crippen molar-refractivity contribution in [2.24, 2.45) is 10.6 Å². The van der Waals surface area contributed by atoms with Gasteiger partial charge in [-0.1, -0.05) is 18.2 Å². The standard InChI is InChI=1S/C15H23NO4/c1-4-8-13(17)20-16-12-9-7-11-15(12,10-5-2)14(18)19-6-3/h5H,2,4,6-11H2,1,3H3/b16-12-/t15-/m1/s1. The summed E-state index contributed by atoms with van der Waals surface area (Å²) in [5.41, 5.74) is -0.204. The van der Waals surface area contributed by atoms with Crippen molar-refractivity contribution < 1.29 is 19.2 Å². The largest absolute Gasteiger partial charge is 0.465 e. The third-order valence-electron chi connectivity index (χ3n) is 3.44. The molecule has 112 valence electrons. The number of nitrogens with zero attached hydrogens (tertiary/aromatic N) is 1. The summed E-state index contributed by atoms with van der Waals surface area (Å²) in [5.74, 6) is -0.675. The molecule has 1 aliphatic rings. The molecular weight excluding hydrogens is 258 g/mol. The second kappa shape index (κ2) is 7.82. The van der Waals surface area contributed by atoms with E-state index in [1.807, 2.05) is 6.92 Å². The van der Waals surface area contributed by atoms with E-state index in [0.717, 1.165) is 6.42 Å². The smallest absolute Gasteiger partial charge is 0.334 e. The molecule has 0 aromatic rings. The molecule has 1 aliphatic carbocycles. The lowest BCUT2D eigenvalue weighted by Crippen LogP contribution is -2.37. The molecular formula is C15H23NO4. The Morgan fingerprint density at radius 3 is 2.80 bits per heavy atom. The maximum absolute atomic E-state index is 12.2. The van der Waals surface area contributed by atoms with Gasteiger partial charge in [-0.3, -0.25) is 4.79 Å². The second-order valence-electron chi connectivity index (χ2n) is 4.90. The summed E-state index contributed by atoms with van der Waals surface area (Å²) in [4.78, 5) is 28.5. The SMILES string of the molecule is C=CC[C@@]1(C(=O)OCC)CCC/C1=N/OC(=O)CCC. The van der Waals surface area contributed by atoms with Gasteiger partial charge in [-0.05, 0) is 39.0 Å². The third kappa shape index (κ3) is 3.68. The van der Waals surface area contributed by atoms with Crippen molar-refractivity contribution >= 4 is 17.7 Å². The van der Waals surface area contributed by atoms with Crippen LogP contribution >= 0.6 is 0 Å². The van der Waals surface area contributed by atoms with Crippen LogP contribution in [0.2, 0.25) is 0 Å². The Kier molecular flexibility index (Phi) is 6.42. The zero-order valence-corrected chi connectivity index (χ0v) is 12.3. The van der Waals surface area contributed by atoms with Gasteiger partial charge in [0.1, 0.15) is 5.41 Å². The summed E-state index contributed by atoms with van der Waals surface area (Å²) in [7, 11) is 0. The Bertz CT molecular complexity index is 403. The highest BCUT2D eigenvalue weighted by molar-refractivity contribution is 6.08. The van der Waals surface area contributed by atoms with Gasteiger partial charge in [-0.15, -0.1) is 6.58 Å². The van der Waals surface area contributed by atoms with Gasteiger partial charge in [0.05, 0.1) is 12.3 Å².